The third-order valence-corrected chi connectivity index (χ3v) is 3.83. The highest BCUT2D eigenvalue weighted by atomic mass is 16.2. The molecule has 0 aromatic heterocycles. The van der Waals surface area contributed by atoms with Crippen LogP contribution in [0.15, 0.2) is 0 Å². The van der Waals surface area contributed by atoms with Crippen LogP contribution >= 0.6 is 0 Å². The van der Waals surface area contributed by atoms with Crippen molar-refractivity contribution in [3.8, 4) is 0 Å². The Morgan fingerprint density at radius 3 is 1.23 bits per heavy atom. The Bertz CT molecular complexity index is 215. The first kappa shape index (κ1) is 21.2. The number of hydrogen-bond acceptors (Lipinski definition) is 3. The molecule has 0 heterocycles. The molecule has 0 fully saturated rings. The van der Waals surface area contributed by atoms with Gasteiger partial charge in [-0.2, -0.15) is 0 Å². The summed E-state index contributed by atoms with van der Waals surface area (Å²) < 4.78 is 0. The molecular weight excluding hydrogens is 276 g/mol. The molecule has 0 saturated heterocycles. The van der Waals surface area contributed by atoms with Crippen LogP contribution in [-0.4, -0.2) is 32.2 Å². The predicted molar refractivity (Wildman–Crippen MR) is 94.9 cm³/mol. The van der Waals surface area contributed by atoms with Crippen molar-refractivity contribution in [1.82, 2.24) is 10.6 Å². The Balaban J connectivity index is 3.13. The van der Waals surface area contributed by atoms with Crippen LogP contribution in [0.4, 0.5) is 4.79 Å². The molecule has 0 radical (unpaired) electrons. The number of nitrogens with one attached hydrogen (secondary N) is 2. The maximum atomic E-state index is 11.5. The number of urea groups is 1. The maximum Gasteiger partial charge on any atom is 0.314 e. The molecular formula is C17H38N4O. The van der Waals surface area contributed by atoms with Crippen LogP contribution in [0.25, 0.3) is 0 Å². The van der Waals surface area contributed by atoms with Gasteiger partial charge in [0.05, 0.1) is 0 Å². The fourth-order valence-electron chi connectivity index (χ4n) is 2.42. The second kappa shape index (κ2) is 18.2. The second-order valence-electron chi connectivity index (χ2n) is 6.00. The van der Waals surface area contributed by atoms with Gasteiger partial charge in [0.15, 0.2) is 0 Å². The Morgan fingerprint density at radius 2 is 0.864 bits per heavy atom. The van der Waals surface area contributed by atoms with Gasteiger partial charge in [-0.1, -0.05) is 51.4 Å². The van der Waals surface area contributed by atoms with Crippen molar-refractivity contribution in [3.05, 3.63) is 0 Å². The third kappa shape index (κ3) is 17.2. The van der Waals surface area contributed by atoms with Gasteiger partial charge in [0.2, 0.25) is 0 Å². The number of amides is 2. The fourth-order valence-corrected chi connectivity index (χ4v) is 2.42. The summed E-state index contributed by atoms with van der Waals surface area (Å²) in [6.45, 7) is 3.16. The standard InChI is InChI=1S/C17H38N4O/c18-13-9-5-1-3-7-11-15-20-17(22)21-16-12-8-4-2-6-10-14-19/h1-16,18-19H2,(H2,20,21,22). The van der Waals surface area contributed by atoms with Gasteiger partial charge in [0.25, 0.3) is 0 Å². The summed E-state index contributed by atoms with van der Waals surface area (Å²) in [4.78, 5) is 11.5. The summed E-state index contributed by atoms with van der Waals surface area (Å²) in [6.07, 6.45) is 14.2. The molecule has 5 nitrogen and oxygen atoms in total. The van der Waals surface area contributed by atoms with Crippen molar-refractivity contribution >= 4 is 6.03 Å². The van der Waals surface area contributed by atoms with Gasteiger partial charge in [0.1, 0.15) is 0 Å². The van der Waals surface area contributed by atoms with E-state index in [1.807, 2.05) is 0 Å². The predicted octanol–water partition coefficient (Wildman–Crippen LogP) is 2.88. The van der Waals surface area contributed by atoms with Gasteiger partial charge in [-0.3, -0.25) is 0 Å². The van der Waals surface area contributed by atoms with Gasteiger partial charge in [-0.15, -0.1) is 0 Å². The van der Waals surface area contributed by atoms with Gasteiger partial charge in [-0.05, 0) is 38.8 Å². The summed E-state index contributed by atoms with van der Waals surface area (Å²) >= 11 is 0. The molecule has 6 N–H and O–H groups in total. The highest BCUT2D eigenvalue weighted by Crippen LogP contribution is 2.04. The molecule has 0 rings (SSSR count). The minimum atomic E-state index is -0.0220. The van der Waals surface area contributed by atoms with Gasteiger partial charge in [-0.25, -0.2) is 4.79 Å². The zero-order valence-electron chi connectivity index (χ0n) is 14.4. The van der Waals surface area contributed by atoms with Crippen LogP contribution in [-0.2, 0) is 0 Å². The molecule has 22 heavy (non-hydrogen) atoms. The van der Waals surface area contributed by atoms with Crippen molar-refractivity contribution < 1.29 is 4.79 Å². The smallest absolute Gasteiger partial charge is 0.314 e. The Kier molecular flexibility index (Phi) is 17.6. The third-order valence-electron chi connectivity index (χ3n) is 3.83. The number of hydrogen-bond donors (Lipinski definition) is 4. The molecule has 0 aromatic carbocycles. The average molecular weight is 315 g/mol. The van der Waals surface area contributed by atoms with Gasteiger partial charge in [0, 0.05) is 13.1 Å². The normalized spacial score (nSPS) is 10.6. The van der Waals surface area contributed by atoms with E-state index in [4.69, 9.17) is 11.5 Å². The quantitative estimate of drug-likeness (QED) is 0.330. The van der Waals surface area contributed by atoms with Crippen molar-refractivity contribution in [3.63, 3.8) is 0 Å². The first-order valence-corrected chi connectivity index (χ1v) is 9.23. The van der Waals surface area contributed by atoms with Crippen molar-refractivity contribution in [2.24, 2.45) is 11.5 Å². The Morgan fingerprint density at radius 1 is 0.545 bits per heavy atom. The molecule has 2 amide bonds. The summed E-state index contributed by atoms with van der Waals surface area (Å²) in [5.41, 5.74) is 10.9. The summed E-state index contributed by atoms with van der Waals surface area (Å²) in [5, 5.41) is 5.84. The van der Waals surface area contributed by atoms with E-state index in [-0.39, 0.29) is 6.03 Å². The highest BCUT2D eigenvalue weighted by molar-refractivity contribution is 5.73. The maximum absolute atomic E-state index is 11.5. The SMILES string of the molecule is NCCCCCCCCNC(=O)NCCCCCCCCN. The number of unbranched alkanes of at least 4 members (excludes halogenated alkanes) is 10. The lowest BCUT2D eigenvalue weighted by Crippen LogP contribution is -2.36. The van der Waals surface area contributed by atoms with Crippen molar-refractivity contribution in [1.29, 1.82) is 0 Å². The second-order valence-corrected chi connectivity index (χ2v) is 6.00. The van der Waals surface area contributed by atoms with E-state index in [1.165, 1.54) is 51.4 Å². The summed E-state index contributed by atoms with van der Waals surface area (Å²) in [5.74, 6) is 0. The van der Waals surface area contributed by atoms with Crippen LogP contribution < -0.4 is 22.1 Å². The largest absolute Gasteiger partial charge is 0.338 e. The van der Waals surface area contributed by atoms with Crippen LogP contribution in [0.1, 0.15) is 77.0 Å². The van der Waals surface area contributed by atoms with Crippen LogP contribution in [0.3, 0.4) is 0 Å². The average Bonchev–Trinajstić information content (AvgIpc) is 2.52. The highest BCUT2D eigenvalue weighted by Gasteiger charge is 1.98. The van der Waals surface area contributed by atoms with E-state index >= 15 is 0 Å². The van der Waals surface area contributed by atoms with E-state index in [0.717, 1.165) is 51.9 Å². The van der Waals surface area contributed by atoms with Crippen molar-refractivity contribution in [2.75, 3.05) is 26.2 Å². The van der Waals surface area contributed by atoms with Crippen molar-refractivity contribution in [2.45, 2.75) is 77.0 Å². The van der Waals surface area contributed by atoms with Crippen LogP contribution in [0.2, 0.25) is 0 Å². The minimum Gasteiger partial charge on any atom is -0.338 e. The van der Waals surface area contributed by atoms with Gasteiger partial charge >= 0.3 is 6.03 Å². The molecule has 0 aromatic rings. The molecule has 0 aliphatic carbocycles. The molecule has 0 unspecified atom stereocenters. The molecule has 5 heteroatoms. The zero-order valence-corrected chi connectivity index (χ0v) is 14.4. The van der Waals surface area contributed by atoms with E-state index in [1.54, 1.807) is 0 Å². The van der Waals surface area contributed by atoms with E-state index in [0.29, 0.717) is 0 Å². The lowest BCUT2D eigenvalue weighted by Gasteiger charge is -2.07. The molecule has 0 aliphatic heterocycles. The van der Waals surface area contributed by atoms with Crippen LogP contribution in [0, 0.1) is 0 Å². The van der Waals surface area contributed by atoms with E-state index in [2.05, 4.69) is 10.6 Å². The molecule has 0 aliphatic rings. The zero-order chi connectivity index (χ0) is 16.3. The topological polar surface area (TPSA) is 93.2 Å². The summed E-state index contributed by atoms with van der Waals surface area (Å²) in [7, 11) is 0. The Hall–Kier alpha value is -0.810. The molecule has 0 bridgehead atoms. The lowest BCUT2D eigenvalue weighted by molar-refractivity contribution is 0.240. The Labute approximate surface area is 137 Å². The number of carbonyl (C=O) groups excluding carboxylic acids is 1. The van der Waals surface area contributed by atoms with E-state index < -0.39 is 0 Å². The number of rotatable bonds is 16. The fraction of sp³-hybridized carbons (Fsp3) is 0.941. The summed E-state index contributed by atoms with van der Waals surface area (Å²) in [6, 6.07) is -0.0220. The molecule has 0 saturated carbocycles. The van der Waals surface area contributed by atoms with E-state index in [9.17, 15) is 4.79 Å². The number of carbonyl (C=O) groups is 1. The molecule has 0 atom stereocenters. The molecule has 132 valence electrons. The first-order valence-electron chi connectivity index (χ1n) is 9.23. The number of nitrogens with two attached hydrogens (primary N) is 2. The molecule has 0 spiro atoms. The first-order chi connectivity index (χ1) is 10.8. The lowest BCUT2D eigenvalue weighted by atomic mass is 10.1. The van der Waals surface area contributed by atoms with Crippen LogP contribution in [0.5, 0.6) is 0 Å². The minimum absolute atomic E-state index is 0.0220. The van der Waals surface area contributed by atoms with Gasteiger partial charge < -0.3 is 22.1 Å². The monoisotopic (exact) mass is 314 g/mol.